The van der Waals surface area contributed by atoms with Gasteiger partial charge < -0.3 is 9.88 Å². The number of amides is 1. The number of halogens is 1. The Balaban J connectivity index is 1.62. The van der Waals surface area contributed by atoms with Crippen LogP contribution in [0, 0.1) is 5.92 Å². The van der Waals surface area contributed by atoms with Crippen molar-refractivity contribution in [3.63, 3.8) is 0 Å². The summed E-state index contributed by atoms with van der Waals surface area (Å²) in [4.78, 5) is 16.5. The third kappa shape index (κ3) is 4.69. The third-order valence-electron chi connectivity index (χ3n) is 4.71. The Hall–Kier alpha value is -1.90. The quantitative estimate of drug-likeness (QED) is 0.791. The molecule has 2 heterocycles. The van der Waals surface area contributed by atoms with Gasteiger partial charge >= 0.3 is 0 Å². The van der Waals surface area contributed by atoms with E-state index >= 15 is 0 Å². The molecule has 1 fully saturated rings. The van der Waals surface area contributed by atoms with Gasteiger partial charge in [-0.3, -0.25) is 4.79 Å². The van der Waals surface area contributed by atoms with Crippen LogP contribution in [0.1, 0.15) is 25.3 Å². The minimum absolute atomic E-state index is 0.0339. The summed E-state index contributed by atoms with van der Waals surface area (Å²) < 4.78 is 28.7. The number of carbonyl (C=O) groups is 1. The summed E-state index contributed by atoms with van der Waals surface area (Å²) >= 11 is 5.86. The number of rotatable bonds is 6. The first kappa shape index (κ1) is 19.9. The maximum atomic E-state index is 12.8. The highest BCUT2D eigenvalue weighted by Crippen LogP contribution is 2.23. The van der Waals surface area contributed by atoms with Crippen molar-refractivity contribution in [3.8, 4) is 0 Å². The maximum absolute atomic E-state index is 12.8. The molecule has 1 N–H and O–H groups in total. The Labute approximate surface area is 164 Å². The van der Waals surface area contributed by atoms with E-state index in [1.165, 1.54) is 16.8 Å². The second kappa shape index (κ2) is 8.41. The first-order valence-electron chi connectivity index (χ1n) is 8.94. The Morgan fingerprint density at radius 1 is 1.33 bits per heavy atom. The van der Waals surface area contributed by atoms with Crippen molar-refractivity contribution in [2.24, 2.45) is 5.92 Å². The largest absolute Gasteiger partial charge is 0.352 e. The predicted molar refractivity (Wildman–Crippen MR) is 103 cm³/mol. The second-order valence-corrected chi connectivity index (χ2v) is 8.91. The van der Waals surface area contributed by atoms with E-state index in [9.17, 15) is 13.2 Å². The van der Waals surface area contributed by atoms with Gasteiger partial charge in [-0.1, -0.05) is 23.7 Å². The highest BCUT2D eigenvalue weighted by Gasteiger charge is 2.34. The molecule has 0 aliphatic carbocycles. The number of sulfonamides is 1. The lowest BCUT2D eigenvalue weighted by atomic mass is 9.99. The van der Waals surface area contributed by atoms with E-state index in [1.54, 1.807) is 16.7 Å². The summed E-state index contributed by atoms with van der Waals surface area (Å²) in [5.74, 6) is -0.502. The third-order valence-corrected chi connectivity index (χ3v) is 6.72. The lowest BCUT2D eigenvalue weighted by Crippen LogP contribution is -2.45. The topological polar surface area (TPSA) is 84.3 Å². The van der Waals surface area contributed by atoms with Crippen LogP contribution in [0.3, 0.4) is 0 Å². The highest BCUT2D eigenvalue weighted by atomic mass is 35.5. The van der Waals surface area contributed by atoms with Crippen molar-refractivity contribution >= 4 is 27.5 Å². The molecule has 7 nitrogen and oxygen atoms in total. The van der Waals surface area contributed by atoms with Gasteiger partial charge in [-0.05, 0) is 37.5 Å². The van der Waals surface area contributed by atoms with Crippen molar-refractivity contribution in [1.29, 1.82) is 0 Å². The highest BCUT2D eigenvalue weighted by molar-refractivity contribution is 7.89. The lowest BCUT2D eigenvalue weighted by molar-refractivity contribution is -0.126. The number of hydrogen-bond acceptors (Lipinski definition) is 4. The molecule has 1 aromatic heterocycles. The molecule has 0 radical (unpaired) electrons. The van der Waals surface area contributed by atoms with Crippen molar-refractivity contribution in [3.05, 3.63) is 47.4 Å². The van der Waals surface area contributed by atoms with E-state index < -0.39 is 10.0 Å². The van der Waals surface area contributed by atoms with Crippen LogP contribution >= 0.6 is 11.6 Å². The van der Waals surface area contributed by atoms with Gasteiger partial charge in [-0.25, -0.2) is 13.4 Å². The number of nitrogens with one attached hydrogen (secondary N) is 1. The van der Waals surface area contributed by atoms with Crippen molar-refractivity contribution in [2.75, 3.05) is 13.1 Å². The van der Waals surface area contributed by atoms with Crippen LogP contribution in [0.15, 0.2) is 41.8 Å². The van der Waals surface area contributed by atoms with E-state index in [-0.39, 0.29) is 23.4 Å². The molecule has 0 saturated carbocycles. The molecule has 1 aromatic carbocycles. The first-order valence-corrected chi connectivity index (χ1v) is 10.8. The van der Waals surface area contributed by atoms with E-state index in [0.29, 0.717) is 37.5 Å². The molecule has 0 bridgehead atoms. The van der Waals surface area contributed by atoms with Gasteiger partial charge in [0.15, 0.2) is 5.03 Å². The number of aryl methyl sites for hydroxylation is 1. The van der Waals surface area contributed by atoms with Crippen LogP contribution in [0.25, 0.3) is 0 Å². The number of carbonyl (C=O) groups excluding carboxylic acids is 1. The van der Waals surface area contributed by atoms with Gasteiger partial charge in [-0.2, -0.15) is 4.31 Å². The summed E-state index contributed by atoms with van der Waals surface area (Å²) in [6.07, 6.45) is 4.35. The van der Waals surface area contributed by atoms with Gasteiger partial charge in [0.25, 0.3) is 10.0 Å². The zero-order chi connectivity index (χ0) is 19.4. The standard InChI is InChI=1S/C18H23ClN4O3S/c1-2-22-12-17(21-13-22)27(25,26)23-9-3-4-15(11-23)18(24)20-10-14-5-7-16(19)8-6-14/h5-8,12-13,15H,2-4,9-11H2,1H3,(H,20,24)/t15-/m0/s1. The van der Waals surface area contributed by atoms with E-state index in [1.807, 2.05) is 19.1 Å². The predicted octanol–water partition coefficient (Wildman–Crippen LogP) is 2.27. The van der Waals surface area contributed by atoms with E-state index in [4.69, 9.17) is 11.6 Å². The van der Waals surface area contributed by atoms with Crippen LogP contribution in [0.5, 0.6) is 0 Å². The number of benzene rings is 1. The zero-order valence-corrected chi connectivity index (χ0v) is 16.7. The number of piperidine rings is 1. The molecule has 2 aromatic rings. The number of nitrogens with zero attached hydrogens (tertiary/aromatic N) is 3. The van der Waals surface area contributed by atoms with Crippen molar-refractivity contribution in [2.45, 2.75) is 37.9 Å². The Morgan fingerprint density at radius 2 is 2.07 bits per heavy atom. The normalized spacial score (nSPS) is 18.4. The van der Waals surface area contributed by atoms with Crippen LogP contribution in [-0.2, 0) is 27.9 Å². The van der Waals surface area contributed by atoms with Gasteiger partial charge in [-0.15, -0.1) is 0 Å². The van der Waals surface area contributed by atoms with Crippen LogP contribution in [0.4, 0.5) is 0 Å². The number of aromatic nitrogens is 2. The molecule has 0 spiro atoms. The SMILES string of the molecule is CCn1cnc(S(=O)(=O)N2CCC[C@H](C(=O)NCc3ccc(Cl)cc3)C2)c1. The average molecular weight is 411 g/mol. The molecule has 1 aliphatic rings. The summed E-state index contributed by atoms with van der Waals surface area (Å²) in [7, 11) is -3.68. The Morgan fingerprint density at radius 3 is 2.74 bits per heavy atom. The van der Waals surface area contributed by atoms with Crippen molar-refractivity contribution < 1.29 is 13.2 Å². The first-order chi connectivity index (χ1) is 12.9. The molecule has 1 amide bonds. The van der Waals surface area contributed by atoms with Gasteiger partial charge in [0, 0.05) is 37.4 Å². The fourth-order valence-corrected chi connectivity index (χ4v) is 4.67. The number of imidazole rings is 1. The van der Waals surface area contributed by atoms with Crippen molar-refractivity contribution in [1.82, 2.24) is 19.2 Å². The minimum atomic E-state index is -3.68. The number of hydrogen-bond donors (Lipinski definition) is 1. The molecule has 1 aliphatic heterocycles. The monoisotopic (exact) mass is 410 g/mol. The van der Waals surface area contributed by atoms with Crippen LogP contribution in [-0.4, -0.2) is 41.3 Å². The molecule has 0 unspecified atom stereocenters. The second-order valence-electron chi connectivity index (χ2n) is 6.59. The Bertz CT molecular complexity index is 896. The maximum Gasteiger partial charge on any atom is 0.262 e. The molecule has 1 saturated heterocycles. The summed E-state index contributed by atoms with van der Waals surface area (Å²) in [6.45, 7) is 3.54. The van der Waals surface area contributed by atoms with Crippen LogP contribution < -0.4 is 5.32 Å². The minimum Gasteiger partial charge on any atom is -0.352 e. The van der Waals surface area contributed by atoms with Crippen LogP contribution in [0.2, 0.25) is 5.02 Å². The fraction of sp³-hybridized carbons (Fsp3) is 0.444. The zero-order valence-electron chi connectivity index (χ0n) is 15.1. The summed E-state index contributed by atoms with van der Waals surface area (Å²) in [5, 5.41) is 3.57. The molecule has 146 valence electrons. The van der Waals surface area contributed by atoms with Gasteiger partial charge in [0.05, 0.1) is 12.2 Å². The Kier molecular flexibility index (Phi) is 6.18. The summed E-state index contributed by atoms with van der Waals surface area (Å²) in [5.41, 5.74) is 0.943. The molecular formula is C18H23ClN4O3S. The van der Waals surface area contributed by atoms with Gasteiger partial charge in [0.2, 0.25) is 5.91 Å². The molecule has 1 atom stereocenters. The summed E-state index contributed by atoms with van der Waals surface area (Å²) in [6, 6.07) is 7.25. The fourth-order valence-electron chi connectivity index (χ4n) is 3.09. The average Bonchev–Trinajstić information content (AvgIpc) is 3.17. The molecule has 27 heavy (non-hydrogen) atoms. The van der Waals surface area contributed by atoms with E-state index in [2.05, 4.69) is 10.3 Å². The smallest absolute Gasteiger partial charge is 0.262 e. The molecule has 9 heteroatoms. The molecule has 3 rings (SSSR count). The lowest BCUT2D eigenvalue weighted by Gasteiger charge is -2.30. The molecular weight excluding hydrogens is 388 g/mol. The van der Waals surface area contributed by atoms with E-state index in [0.717, 1.165) is 5.56 Å². The van der Waals surface area contributed by atoms with Gasteiger partial charge in [0.1, 0.15) is 0 Å².